The van der Waals surface area contributed by atoms with Crippen molar-refractivity contribution in [1.82, 2.24) is 4.57 Å². The summed E-state index contributed by atoms with van der Waals surface area (Å²) in [4.78, 5) is 2.58. The minimum atomic E-state index is -0.615. The number of anilines is 3. The van der Waals surface area contributed by atoms with Crippen LogP contribution in [0.4, 0.5) is 17.1 Å². The van der Waals surface area contributed by atoms with E-state index in [1.807, 2.05) is 0 Å². The van der Waals surface area contributed by atoms with Crippen molar-refractivity contribution in [2.75, 3.05) is 4.90 Å². The number of hydrogen-bond donors (Lipinski definition) is 0. The summed E-state index contributed by atoms with van der Waals surface area (Å²) in [5.74, 6) is 0. The van der Waals surface area contributed by atoms with Crippen LogP contribution >= 0.6 is 0 Å². The predicted octanol–water partition coefficient (Wildman–Crippen LogP) is 19.9. The summed E-state index contributed by atoms with van der Waals surface area (Å²) < 4.78 is 2.54. The largest absolute Gasteiger partial charge is 0.310 e. The Morgan fingerprint density at radius 3 is 1.38 bits per heavy atom. The van der Waals surface area contributed by atoms with Crippen LogP contribution in [0.3, 0.4) is 0 Å². The smallest absolute Gasteiger partial charge is 0.0755 e. The van der Waals surface area contributed by atoms with E-state index in [0.29, 0.717) is 0 Å². The molecule has 14 aromatic carbocycles. The molecule has 4 aliphatic rings. The fourth-order valence-electron chi connectivity index (χ4n) is 16.2. The molecule has 0 saturated carbocycles. The third kappa shape index (κ3) is 5.08. The lowest BCUT2D eigenvalue weighted by Gasteiger charge is -2.40. The van der Waals surface area contributed by atoms with Gasteiger partial charge >= 0.3 is 0 Å². The Balaban J connectivity index is 0.922. The Labute approximate surface area is 462 Å². The molecule has 0 radical (unpaired) electrons. The molecule has 2 heterocycles. The van der Waals surface area contributed by atoms with Gasteiger partial charge in [0.2, 0.25) is 0 Å². The van der Waals surface area contributed by atoms with Crippen LogP contribution in [0.2, 0.25) is 0 Å². The maximum absolute atomic E-state index is 2.58. The summed E-state index contributed by atoms with van der Waals surface area (Å²) >= 11 is 0. The minimum absolute atomic E-state index is 0.547. The second kappa shape index (κ2) is 15.3. The molecule has 0 amide bonds. The van der Waals surface area contributed by atoms with E-state index in [1.54, 1.807) is 0 Å². The van der Waals surface area contributed by atoms with Crippen LogP contribution in [0.15, 0.2) is 279 Å². The molecule has 15 aromatic rings. The lowest BCUT2D eigenvalue weighted by Crippen LogP contribution is -2.33. The van der Waals surface area contributed by atoms with E-state index >= 15 is 0 Å². The van der Waals surface area contributed by atoms with E-state index in [-0.39, 0.29) is 0 Å². The fraction of sp³-hybridized carbons (Fsp3) is 0.0256. The molecule has 0 N–H and O–H groups in total. The fourth-order valence-corrected chi connectivity index (χ4v) is 16.2. The van der Waals surface area contributed by atoms with Crippen LogP contribution in [0.5, 0.6) is 0 Å². The van der Waals surface area contributed by atoms with Gasteiger partial charge in [0.05, 0.1) is 27.6 Å². The van der Waals surface area contributed by atoms with Gasteiger partial charge in [-0.3, -0.25) is 0 Å². The average Bonchev–Trinajstić information content (AvgIpc) is 3.39. The maximum Gasteiger partial charge on any atom is 0.0755 e. The standard InChI is InChI=1S/C78H46N2/c1-2-19-51-47(18-1)36-43-69-75(51)63-27-9-13-31-67(63)77(69)65-29-11-7-24-57(65)59-41-38-49(45-71(59)77)79(48-37-40-56-54-22-4-3-20-52(54)53-21-5-6-23-55(53)64(56)44-48)50-39-42-60-58-25-8-12-30-66(58)78(72(60)46-50)68-32-14-16-35-74(68)80-73-34-15-10-26-61(73)62-28-17-33-70(78)76(62)80/h1-46H. The molecule has 3 aliphatic carbocycles. The SMILES string of the molecule is c1ccc2c(c1)-c1ccc(N(c3ccc4c(c3)C3(c5ccccc5-4)c4ccccc4-n4c5ccccc5c5cccc3c54)c3ccc4c5ccccc5c5ccccc5c4c3)cc1C21c2ccccc2-c2c1ccc1ccccc21. The molecule has 2 nitrogen and oxygen atoms in total. The third-order valence-electron chi connectivity index (χ3n) is 19.1. The Morgan fingerprint density at radius 1 is 0.250 bits per heavy atom. The Hall–Kier alpha value is -10.3. The summed E-state index contributed by atoms with van der Waals surface area (Å²) in [5.41, 5.74) is 24.2. The zero-order chi connectivity index (χ0) is 52.0. The first-order chi connectivity index (χ1) is 39.7. The van der Waals surface area contributed by atoms with Crippen molar-refractivity contribution in [1.29, 1.82) is 0 Å². The number of nitrogens with zero attached hydrogens (tertiary/aromatic N) is 2. The van der Waals surface area contributed by atoms with Crippen LogP contribution in [-0.4, -0.2) is 4.57 Å². The molecule has 0 fully saturated rings. The molecule has 1 aromatic heterocycles. The van der Waals surface area contributed by atoms with Gasteiger partial charge in [0.25, 0.3) is 0 Å². The van der Waals surface area contributed by atoms with Crippen LogP contribution in [0.1, 0.15) is 44.5 Å². The zero-order valence-electron chi connectivity index (χ0n) is 43.5. The number of aromatic nitrogens is 1. The zero-order valence-corrected chi connectivity index (χ0v) is 43.5. The van der Waals surface area contributed by atoms with Gasteiger partial charge in [-0.2, -0.15) is 0 Å². The number of rotatable bonds is 3. The van der Waals surface area contributed by atoms with Gasteiger partial charge in [0.15, 0.2) is 0 Å². The summed E-state index contributed by atoms with van der Waals surface area (Å²) in [6, 6.07) is 106. The van der Waals surface area contributed by atoms with Gasteiger partial charge < -0.3 is 9.47 Å². The predicted molar refractivity (Wildman–Crippen MR) is 333 cm³/mol. The molecule has 2 unspecified atom stereocenters. The first-order valence-corrected chi connectivity index (χ1v) is 28.1. The van der Waals surface area contributed by atoms with Crippen molar-refractivity contribution in [3.05, 3.63) is 324 Å². The Bertz CT molecular complexity index is 5250. The molecular weight excluding hydrogens is 965 g/mol. The molecule has 2 heteroatoms. The van der Waals surface area contributed by atoms with Crippen molar-refractivity contribution < 1.29 is 0 Å². The molecular formula is C78H46N2. The second-order valence-electron chi connectivity index (χ2n) is 22.5. The van der Waals surface area contributed by atoms with E-state index in [2.05, 4.69) is 289 Å². The van der Waals surface area contributed by atoms with E-state index in [4.69, 9.17) is 0 Å². The summed E-state index contributed by atoms with van der Waals surface area (Å²) in [6.07, 6.45) is 0. The van der Waals surface area contributed by atoms with Crippen molar-refractivity contribution in [3.63, 3.8) is 0 Å². The highest BCUT2D eigenvalue weighted by molar-refractivity contribution is 6.26. The van der Waals surface area contributed by atoms with Gasteiger partial charge in [-0.05, 0) is 170 Å². The number of fused-ring (bicyclic) bond motifs is 30. The molecule has 19 rings (SSSR count). The lowest BCUT2D eigenvalue weighted by atomic mass is 9.65. The van der Waals surface area contributed by atoms with Crippen LogP contribution in [0, 0.1) is 0 Å². The van der Waals surface area contributed by atoms with Gasteiger partial charge in [-0.1, -0.05) is 231 Å². The summed E-state index contributed by atoms with van der Waals surface area (Å²) in [6.45, 7) is 0. The van der Waals surface area contributed by atoms with Crippen molar-refractivity contribution in [2.45, 2.75) is 10.8 Å². The number of para-hydroxylation sites is 3. The number of benzene rings is 14. The topological polar surface area (TPSA) is 8.17 Å². The Kier molecular flexibility index (Phi) is 8.16. The van der Waals surface area contributed by atoms with Crippen LogP contribution < -0.4 is 4.90 Å². The molecule has 0 saturated heterocycles. The van der Waals surface area contributed by atoms with Gasteiger partial charge in [-0.15, -0.1) is 0 Å². The summed E-state index contributed by atoms with van der Waals surface area (Å²) in [7, 11) is 0. The third-order valence-corrected chi connectivity index (χ3v) is 19.1. The molecule has 80 heavy (non-hydrogen) atoms. The van der Waals surface area contributed by atoms with Gasteiger partial charge in [-0.25, -0.2) is 0 Å². The van der Waals surface area contributed by atoms with Gasteiger partial charge in [0.1, 0.15) is 0 Å². The van der Waals surface area contributed by atoms with E-state index in [0.717, 1.165) is 17.1 Å². The molecule has 1 aliphatic heterocycles. The minimum Gasteiger partial charge on any atom is -0.310 e. The first-order valence-electron chi connectivity index (χ1n) is 28.1. The van der Waals surface area contributed by atoms with Crippen LogP contribution in [0.25, 0.3) is 104 Å². The maximum atomic E-state index is 2.58. The van der Waals surface area contributed by atoms with E-state index in [9.17, 15) is 0 Å². The lowest BCUT2D eigenvalue weighted by molar-refractivity contribution is 0.748. The van der Waals surface area contributed by atoms with Crippen molar-refractivity contribution in [2.24, 2.45) is 0 Å². The van der Waals surface area contributed by atoms with Gasteiger partial charge in [0, 0.05) is 27.8 Å². The average molecular weight is 1010 g/mol. The highest BCUT2D eigenvalue weighted by Crippen LogP contribution is 2.66. The Morgan fingerprint density at radius 2 is 0.700 bits per heavy atom. The molecule has 2 atom stereocenters. The molecule has 0 bridgehead atoms. The molecule has 2 spiro atoms. The highest BCUT2D eigenvalue weighted by atomic mass is 15.1. The quantitative estimate of drug-likeness (QED) is 0.160. The van der Waals surface area contributed by atoms with Crippen LogP contribution in [-0.2, 0) is 10.8 Å². The summed E-state index contributed by atoms with van der Waals surface area (Å²) in [5, 5.41) is 12.7. The number of hydrogen-bond acceptors (Lipinski definition) is 1. The first kappa shape index (κ1) is 42.8. The van der Waals surface area contributed by atoms with E-state index in [1.165, 1.54) is 148 Å². The van der Waals surface area contributed by atoms with E-state index < -0.39 is 10.8 Å². The monoisotopic (exact) mass is 1010 g/mol. The normalized spacial score (nSPS) is 16.6. The second-order valence-corrected chi connectivity index (χ2v) is 22.5. The van der Waals surface area contributed by atoms with Crippen molar-refractivity contribution in [3.8, 4) is 39.1 Å². The van der Waals surface area contributed by atoms with Crippen molar-refractivity contribution >= 4 is 82.0 Å². The molecule has 368 valence electrons. The highest BCUT2D eigenvalue weighted by Gasteiger charge is 2.53.